The molecule has 1 fully saturated rings. The smallest absolute Gasteiger partial charge is 0.224 e. The van der Waals surface area contributed by atoms with Crippen LogP contribution in [0.3, 0.4) is 0 Å². The summed E-state index contributed by atoms with van der Waals surface area (Å²) < 4.78 is 0. The van der Waals surface area contributed by atoms with Gasteiger partial charge in [0.25, 0.3) is 0 Å². The number of thioether (sulfide) groups is 1. The van der Waals surface area contributed by atoms with Crippen molar-refractivity contribution in [3.8, 4) is 0 Å². The van der Waals surface area contributed by atoms with Crippen LogP contribution < -0.4 is 5.32 Å². The van der Waals surface area contributed by atoms with Crippen molar-refractivity contribution in [3.63, 3.8) is 0 Å². The summed E-state index contributed by atoms with van der Waals surface area (Å²) in [5.74, 6) is 2.38. The molecule has 1 N–H and O–H groups in total. The van der Waals surface area contributed by atoms with E-state index in [1.54, 1.807) is 17.3 Å². The van der Waals surface area contributed by atoms with Gasteiger partial charge in [0.1, 0.15) is 0 Å². The molecule has 1 aliphatic heterocycles. The highest BCUT2D eigenvalue weighted by atomic mass is 35.5. The van der Waals surface area contributed by atoms with Crippen LogP contribution in [0.4, 0.5) is 0 Å². The highest BCUT2D eigenvalue weighted by Gasteiger charge is 2.19. The Morgan fingerprint density at radius 1 is 1.55 bits per heavy atom. The first-order valence-electron chi connectivity index (χ1n) is 6.19. The lowest BCUT2D eigenvalue weighted by Gasteiger charge is -2.25. The van der Waals surface area contributed by atoms with Crippen molar-refractivity contribution in [3.05, 3.63) is 30.1 Å². The second-order valence-electron chi connectivity index (χ2n) is 4.54. The van der Waals surface area contributed by atoms with E-state index in [0.29, 0.717) is 19.0 Å². The highest BCUT2D eigenvalue weighted by Crippen LogP contribution is 2.12. The number of amides is 1. The second kappa shape index (κ2) is 10.3. The maximum Gasteiger partial charge on any atom is 0.224 e. The standard InChI is InChI=1S/C13H19N3OS.2ClH/c1-16(9-11-3-2-4-14-8-11)13(17)7-12-10-18-6-5-15-12;;/h2-4,8,12,15H,5-7,9-10H2,1H3;2*1H. The topological polar surface area (TPSA) is 45.2 Å². The molecule has 1 aliphatic rings. The number of halogens is 2. The lowest BCUT2D eigenvalue weighted by atomic mass is 10.2. The third-order valence-corrected chi connectivity index (χ3v) is 4.12. The van der Waals surface area contributed by atoms with Gasteiger partial charge in [0, 0.05) is 56.5 Å². The average Bonchev–Trinajstić information content (AvgIpc) is 2.41. The van der Waals surface area contributed by atoms with Gasteiger partial charge in [-0.25, -0.2) is 0 Å². The molecule has 4 nitrogen and oxygen atoms in total. The summed E-state index contributed by atoms with van der Waals surface area (Å²) in [6, 6.07) is 4.21. The summed E-state index contributed by atoms with van der Waals surface area (Å²) in [6.45, 7) is 1.64. The van der Waals surface area contributed by atoms with Crippen LogP contribution in [0.5, 0.6) is 0 Å². The minimum Gasteiger partial charge on any atom is -0.341 e. The second-order valence-corrected chi connectivity index (χ2v) is 5.69. The van der Waals surface area contributed by atoms with Crippen LogP contribution in [0, 0.1) is 0 Å². The number of hydrogen-bond acceptors (Lipinski definition) is 4. The monoisotopic (exact) mass is 337 g/mol. The van der Waals surface area contributed by atoms with Crippen molar-refractivity contribution >= 4 is 42.5 Å². The average molecular weight is 338 g/mol. The van der Waals surface area contributed by atoms with E-state index in [9.17, 15) is 4.79 Å². The predicted octanol–water partition coefficient (Wildman–Crippen LogP) is 1.98. The van der Waals surface area contributed by atoms with Crippen molar-refractivity contribution in [2.24, 2.45) is 0 Å². The van der Waals surface area contributed by atoms with Gasteiger partial charge in [0.05, 0.1) is 0 Å². The fourth-order valence-corrected chi connectivity index (χ4v) is 2.92. The van der Waals surface area contributed by atoms with Crippen LogP contribution in [-0.2, 0) is 11.3 Å². The molecule has 0 aliphatic carbocycles. The Bertz CT molecular complexity index is 388. The SMILES string of the molecule is CN(Cc1cccnc1)C(=O)CC1CSCCN1.Cl.Cl. The van der Waals surface area contributed by atoms with Crippen LogP contribution in [0.2, 0.25) is 0 Å². The Hall–Kier alpha value is -0.490. The fraction of sp³-hybridized carbons (Fsp3) is 0.538. The molecule has 7 heteroatoms. The Morgan fingerprint density at radius 2 is 2.35 bits per heavy atom. The van der Waals surface area contributed by atoms with E-state index in [-0.39, 0.29) is 30.7 Å². The third kappa shape index (κ3) is 6.31. The maximum atomic E-state index is 12.1. The molecule has 0 bridgehead atoms. The molecule has 2 heterocycles. The maximum absolute atomic E-state index is 12.1. The molecule has 1 atom stereocenters. The summed E-state index contributed by atoms with van der Waals surface area (Å²) >= 11 is 1.92. The molecule has 1 saturated heterocycles. The fourth-order valence-electron chi connectivity index (χ4n) is 1.97. The van der Waals surface area contributed by atoms with Gasteiger partial charge < -0.3 is 10.2 Å². The molecular weight excluding hydrogens is 317 g/mol. The van der Waals surface area contributed by atoms with Gasteiger partial charge in [-0.05, 0) is 11.6 Å². The Labute approximate surface area is 136 Å². The molecule has 2 rings (SSSR count). The molecule has 1 aromatic rings. The number of rotatable bonds is 4. The first kappa shape index (κ1) is 19.5. The first-order chi connectivity index (χ1) is 8.75. The number of aromatic nitrogens is 1. The van der Waals surface area contributed by atoms with Crippen molar-refractivity contribution in [2.75, 3.05) is 25.1 Å². The van der Waals surface area contributed by atoms with E-state index in [2.05, 4.69) is 10.3 Å². The largest absolute Gasteiger partial charge is 0.341 e. The Kier molecular flexibility index (Phi) is 10.0. The van der Waals surface area contributed by atoms with Crippen molar-refractivity contribution in [2.45, 2.75) is 19.0 Å². The van der Waals surface area contributed by atoms with Crippen LogP contribution in [0.25, 0.3) is 0 Å². The van der Waals surface area contributed by atoms with Crippen molar-refractivity contribution in [1.29, 1.82) is 0 Å². The summed E-state index contributed by atoms with van der Waals surface area (Å²) in [5, 5.41) is 3.39. The lowest BCUT2D eigenvalue weighted by molar-refractivity contribution is -0.130. The van der Waals surface area contributed by atoms with E-state index in [1.807, 2.05) is 30.9 Å². The molecular formula is C13H21Cl2N3OS. The first-order valence-corrected chi connectivity index (χ1v) is 7.35. The van der Waals surface area contributed by atoms with Gasteiger partial charge in [0.15, 0.2) is 0 Å². The molecule has 0 spiro atoms. The zero-order chi connectivity index (χ0) is 12.8. The van der Waals surface area contributed by atoms with E-state index in [0.717, 1.165) is 23.6 Å². The predicted molar refractivity (Wildman–Crippen MR) is 88.9 cm³/mol. The molecule has 1 amide bonds. The van der Waals surface area contributed by atoms with E-state index >= 15 is 0 Å². The zero-order valence-corrected chi connectivity index (χ0v) is 13.9. The van der Waals surface area contributed by atoms with Gasteiger partial charge >= 0.3 is 0 Å². The minimum atomic E-state index is 0. The number of carbonyl (C=O) groups excluding carboxylic acids is 1. The van der Waals surface area contributed by atoms with Gasteiger partial charge in [-0.1, -0.05) is 6.07 Å². The van der Waals surface area contributed by atoms with Crippen molar-refractivity contribution in [1.82, 2.24) is 15.2 Å². The van der Waals surface area contributed by atoms with E-state index in [4.69, 9.17) is 0 Å². The zero-order valence-electron chi connectivity index (χ0n) is 11.4. The Balaban J connectivity index is 0.00000180. The molecule has 20 heavy (non-hydrogen) atoms. The van der Waals surface area contributed by atoms with E-state index < -0.39 is 0 Å². The highest BCUT2D eigenvalue weighted by molar-refractivity contribution is 7.99. The molecule has 1 unspecified atom stereocenters. The van der Waals surface area contributed by atoms with Gasteiger partial charge in [0.2, 0.25) is 5.91 Å². The van der Waals surface area contributed by atoms with Crippen molar-refractivity contribution < 1.29 is 4.79 Å². The molecule has 0 radical (unpaired) electrons. The number of nitrogens with zero attached hydrogens (tertiary/aromatic N) is 2. The van der Waals surface area contributed by atoms with Crippen LogP contribution in [0.15, 0.2) is 24.5 Å². The normalized spacial score (nSPS) is 17.6. The summed E-state index contributed by atoms with van der Waals surface area (Å²) in [5.41, 5.74) is 1.07. The lowest BCUT2D eigenvalue weighted by Crippen LogP contribution is -2.41. The number of hydrogen-bond donors (Lipinski definition) is 1. The number of pyridine rings is 1. The van der Waals surface area contributed by atoms with Gasteiger partial charge in [-0.3, -0.25) is 9.78 Å². The van der Waals surface area contributed by atoms with Crippen LogP contribution in [-0.4, -0.2) is 46.9 Å². The number of carbonyl (C=O) groups is 1. The molecule has 1 aromatic heterocycles. The van der Waals surface area contributed by atoms with E-state index in [1.165, 1.54) is 0 Å². The quantitative estimate of drug-likeness (QED) is 0.912. The summed E-state index contributed by atoms with van der Waals surface area (Å²) in [6.07, 6.45) is 4.14. The van der Waals surface area contributed by atoms with Gasteiger partial charge in [-0.2, -0.15) is 11.8 Å². The molecule has 114 valence electrons. The minimum absolute atomic E-state index is 0. The van der Waals surface area contributed by atoms with Crippen LogP contribution in [0.1, 0.15) is 12.0 Å². The summed E-state index contributed by atoms with van der Waals surface area (Å²) in [7, 11) is 1.85. The number of nitrogens with one attached hydrogen (secondary N) is 1. The molecule has 0 saturated carbocycles. The summed E-state index contributed by atoms with van der Waals surface area (Å²) in [4.78, 5) is 17.9. The van der Waals surface area contributed by atoms with Gasteiger partial charge in [-0.15, -0.1) is 24.8 Å². The van der Waals surface area contributed by atoms with Crippen LogP contribution >= 0.6 is 36.6 Å². The molecule has 0 aromatic carbocycles. The Morgan fingerprint density at radius 3 is 2.95 bits per heavy atom. The third-order valence-electron chi connectivity index (χ3n) is 2.99.